The number of methoxy groups -OCH3 is 2. The Kier molecular flexibility index (Phi) is 11.1. The molecule has 0 atom stereocenters. The molecule has 1 N–H and O–H groups in total. The molecule has 1 heterocycles. The smallest absolute Gasteiger partial charge is 0.193 e. The van der Waals surface area contributed by atoms with Gasteiger partial charge in [-0.25, -0.2) is 0 Å². The molecule has 7 heteroatoms. The van der Waals surface area contributed by atoms with Crippen molar-refractivity contribution in [2.45, 2.75) is 25.9 Å². The summed E-state index contributed by atoms with van der Waals surface area (Å²) in [6.45, 7) is 5.06. The van der Waals surface area contributed by atoms with Crippen molar-refractivity contribution in [3.05, 3.63) is 59.7 Å². The number of hydrogen-bond donors (Lipinski definition) is 1. The number of halogens is 1. The SMILES string of the molecule is CN=C(NCC1CCN(Cc2ccc(OC)cc2)CC1)N(C)Cc1ccc(OC)cc1.I. The predicted molar refractivity (Wildman–Crippen MR) is 142 cm³/mol. The summed E-state index contributed by atoms with van der Waals surface area (Å²) in [5.41, 5.74) is 2.58. The minimum atomic E-state index is 0. The van der Waals surface area contributed by atoms with E-state index in [1.54, 1.807) is 14.2 Å². The number of guanidine groups is 1. The van der Waals surface area contributed by atoms with E-state index in [0.717, 1.165) is 50.2 Å². The molecule has 3 rings (SSSR count). The summed E-state index contributed by atoms with van der Waals surface area (Å²) >= 11 is 0. The van der Waals surface area contributed by atoms with Crippen molar-refractivity contribution < 1.29 is 9.47 Å². The average Bonchev–Trinajstić information content (AvgIpc) is 2.81. The predicted octanol–water partition coefficient (Wildman–Crippen LogP) is 4.24. The Morgan fingerprint density at radius 3 is 2.00 bits per heavy atom. The molecule has 0 aromatic heterocycles. The lowest BCUT2D eigenvalue weighted by Crippen LogP contribution is -2.43. The Hall–Kier alpha value is -2.00. The molecule has 176 valence electrons. The summed E-state index contributed by atoms with van der Waals surface area (Å²) in [7, 11) is 7.33. The first-order valence-corrected chi connectivity index (χ1v) is 11.0. The molecular formula is C25H37IN4O2. The van der Waals surface area contributed by atoms with E-state index in [1.165, 1.54) is 24.0 Å². The molecule has 6 nitrogen and oxygen atoms in total. The van der Waals surface area contributed by atoms with Crippen LogP contribution in [-0.4, -0.2) is 63.7 Å². The molecule has 2 aromatic rings. The van der Waals surface area contributed by atoms with Crippen LogP contribution in [0.5, 0.6) is 11.5 Å². The maximum Gasteiger partial charge on any atom is 0.193 e. The molecule has 32 heavy (non-hydrogen) atoms. The summed E-state index contributed by atoms with van der Waals surface area (Å²) in [6, 6.07) is 16.6. The van der Waals surface area contributed by atoms with Gasteiger partial charge in [0.25, 0.3) is 0 Å². The van der Waals surface area contributed by atoms with Crippen molar-refractivity contribution in [2.75, 3.05) is 47.9 Å². The Morgan fingerprint density at radius 2 is 1.50 bits per heavy atom. The van der Waals surface area contributed by atoms with Crippen LogP contribution in [0.4, 0.5) is 0 Å². The van der Waals surface area contributed by atoms with Crippen LogP contribution in [0.1, 0.15) is 24.0 Å². The van der Waals surface area contributed by atoms with Gasteiger partial charge in [0.2, 0.25) is 0 Å². The number of likely N-dealkylation sites (tertiary alicyclic amines) is 1. The van der Waals surface area contributed by atoms with Crippen LogP contribution in [0.25, 0.3) is 0 Å². The van der Waals surface area contributed by atoms with Gasteiger partial charge in [-0.15, -0.1) is 24.0 Å². The standard InChI is InChI=1S/C25H36N4O2.HI/c1-26-25(28(2)18-21-5-9-23(30-3)10-6-21)27-17-20-13-15-29(16-14-20)19-22-7-11-24(31-4)12-8-22;/h5-12,20H,13-19H2,1-4H3,(H,26,27);1H. The van der Waals surface area contributed by atoms with Crippen molar-refractivity contribution in [2.24, 2.45) is 10.9 Å². The fraction of sp³-hybridized carbons (Fsp3) is 0.480. The van der Waals surface area contributed by atoms with Crippen molar-refractivity contribution in [1.29, 1.82) is 0 Å². The molecular weight excluding hydrogens is 515 g/mol. The van der Waals surface area contributed by atoms with E-state index >= 15 is 0 Å². The van der Waals surface area contributed by atoms with Gasteiger partial charge in [0.1, 0.15) is 11.5 Å². The van der Waals surface area contributed by atoms with Gasteiger partial charge >= 0.3 is 0 Å². The van der Waals surface area contributed by atoms with Crippen LogP contribution in [0.2, 0.25) is 0 Å². The van der Waals surface area contributed by atoms with E-state index in [0.29, 0.717) is 5.92 Å². The van der Waals surface area contributed by atoms with Gasteiger partial charge < -0.3 is 19.7 Å². The quantitative estimate of drug-likeness (QED) is 0.302. The topological polar surface area (TPSA) is 49.3 Å². The zero-order chi connectivity index (χ0) is 22.1. The second-order valence-electron chi connectivity index (χ2n) is 8.20. The van der Waals surface area contributed by atoms with Crippen molar-refractivity contribution in [3.8, 4) is 11.5 Å². The van der Waals surface area contributed by atoms with Crippen LogP contribution >= 0.6 is 24.0 Å². The minimum Gasteiger partial charge on any atom is -0.497 e. The number of piperidine rings is 1. The summed E-state index contributed by atoms with van der Waals surface area (Å²) in [5.74, 6) is 3.42. The lowest BCUT2D eigenvalue weighted by Gasteiger charge is -2.33. The number of benzene rings is 2. The molecule has 0 amide bonds. The highest BCUT2D eigenvalue weighted by atomic mass is 127. The fourth-order valence-corrected chi connectivity index (χ4v) is 4.04. The second-order valence-corrected chi connectivity index (χ2v) is 8.20. The van der Waals surface area contributed by atoms with Gasteiger partial charge in [0.05, 0.1) is 14.2 Å². The first-order chi connectivity index (χ1) is 15.1. The molecule has 0 saturated carbocycles. The van der Waals surface area contributed by atoms with E-state index in [-0.39, 0.29) is 24.0 Å². The highest BCUT2D eigenvalue weighted by Gasteiger charge is 2.20. The molecule has 2 aromatic carbocycles. The first kappa shape index (κ1) is 26.3. The number of ether oxygens (including phenoxy) is 2. The van der Waals surface area contributed by atoms with E-state index in [2.05, 4.69) is 51.4 Å². The summed E-state index contributed by atoms with van der Waals surface area (Å²) in [6.07, 6.45) is 2.42. The molecule has 0 bridgehead atoms. The largest absolute Gasteiger partial charge is 0.497 e. The number of rotatable bonds is 8. The Morgan fingerprint density at radius 1 is 0.969 bits per heavy atom. The molecule has 1 aliphatic rings. The molecule has 0 unspecified atom stereocenters. The number of aliphatic imine (C=N–C) groups is 1. The van der Waals surface area contributed by atoms with Gasteiger partial charge in [-0.2, -0.15) is 0 Å². The van der Waals surface area contributed by atoms with E-state index in [1.807, 2.05) is 31.3 Å². The van der Waals surface area contributed by atoms with Gasteiger partial charge in [-0.3, -0.25) is 9.89 Å². The van der Waals surface area contributed by atoms with Crippen LogP contribution in [0.15, 0.2) is 53.5 Å². The fourth-order valence-electron chi connectivity index (χ4n) is 4.04. The van der Waals surface area contributed by atoms with Crippen LogP contribution in [0, 0.1) is 5.92 Å². The Bertz CT molecular complexity index is 819. The summed E-state index contributed by atoms with van der Waals surface area (Å²) in [4.78, 5) is 9.19. The second kappa shape index (κ2) is 13.5. The third-order valence-corrected chi connectivity index (χ3v) is 5.97. The molecule has 1 saturated heterocycles. The third kappa shape index (κ3) is 7.85. The Balaban J connectivity index is 0.00000363. The minimum absolute atomic E-state index is 0. The van der Waals surface area contributed by atoms with Crippen molar-refractivity contribution >= 4 is 29.9 Å². The van der Waals surface area contributed by atoms with Crippen molar-refractivity contribution in [3.63, 3.8) is 0 Å². The zero-order valence-electron chi connectivity index (χ0n) is 19.7. The number of nitrogens with one attached hydrogen (secondary N) is 1. The average molecular weight is 553 g/mol. The van der Waals surface area contributed by atoms with E-state index in [9.17, 15) is 0 Å². The zero-order valence-corrected chi connectivity index (χ0v) is 22.0. The molecule has 1 fully saturated rings. The van der Waals surface area contributed by atoms with E-state index < -0.39 is 0 Å². The number of nitrogens with zero attached hydrogens (tertiary/aromatic N) is 3. The monoisotopic (exact) mass is 552 g/mol. The third-order valence-electron chi connectivity index (χ3n) is 5.97. The lowest BCUT2D eigenvalue weighted by molar-refractivity contribution is 0.177. The molecule has 0 aliphatic carbocycles. The highest BCUT2D eigenvalue weighted by molar-refractivity contribution is 14.0. The maximum absolute atomic E-state index is 5.25. The molecule has 0 spiro atoms. The van der Waals surface area contributed by atoms with Crippen molar-refractivity contribution in [1.82, 2.24) is 15.1 Å². The molecule has 1 aliphatic heterocycles. The number of hydrogen-bond acceptors (Lipinski definition) is 4. The van der Waals surface area contributed by atoms with Gasteiger partial charge in [0.15, 0.2) is 5.96 Å². The first-order valence-electron chi connectivity index (χ1n) is 11.0. The van der Waals surface area contributed by atoms with Gasteiger partial charge in [-0.1, -0.05) is 24.3 Å². The van der Waals surface area contributed by atoms with E-state index in [4.69, 9.17) is 9.47 Å². The lowest BCUT2D eigenvalue weighted by atomic mass is 9.96. The summed E-state index contributed by atoms with van der Waals surface area (Å²) < 4.78 is 10.5. The maximum atomic E-state index is 5.25. The van der Waals surface area contributed by atoms with Crippen LogP contribution in [0.3, 0.4) is 0 Å². The van der Waals surface area contributed by atoms with Crippen LogP contribution in [-0.2, 0) is 13.1 Å². The highest BCUT2D eigenvalue weighted by Crippen LogP contribution is 2.20. The summed E-state index contributed by atoms with van der Waals surface area (Å²) in [5, 5.41) is 3.58. The Labute approximate surface area is 210 Å². The normalized spacial score (nSPS) is 15.1. The van der Waals surface area contributed by atoms with Crippen LogP contribution < -0.4 is 14.8 Å². The van der Waals surface area contributed by atoms with Gasteiger partial charge in [0, 0.05) is 33.7 Å². The molecule has 0 radical (unpaired) electrons. The van der Waals surface area contributed by atoms with Gasteiger partial charge in [-0.05, 0) is 67.2 Å².